The number of aryl methyl sites for hydroxylation is 1. The quantitative estimate of drug-likeness (QED) is 0.843. The third-order valence-corrected chi connectivity index (χ3v) is 5.62. The predicted molar refractivity (Wildman–Crippen MR) is 74.3 cm³/mol. The van der Waals surface area contributed by atoms with Crippen LogP contribution >= 0.6 is 11.8 Å². The maximum absolute atomic E-state index is 11.1. The molecule has 1 aliphatic rings. The lowest BCUT2D eigenvalue weighted by molar-refractivity contribution is 0.603. The topological polar surface area (TPSA) is 34.1 Å². The van der Waals surface area contributed by atoms with Crippen LogP contribution in [0.3, 0.4) is 0 Å². The molecule has 0 fully saturated rings. The van der Waals surface area contributed by atoms with Crippen LogP contribution in [0.2, 0.25) is 0 Å². The number of hydrogen-bond acceptors (Lipinski definition) is 3. The minimum Gasteiger partial charge on any atom is -0.229 e. The molecule has 17 heavy (non-hydrogen) atoms. The van der Waals surface area contributed by atoms with E-state index in [1.54, 1.807) is 11.8 Å². The highest BCUT2D eigenvalue weighted by Gasteiger charge is 2.20. The van der Waals surface area contributed by atoms with E-state index in [-0.39, 0.29) is 5.75 Å². The van der Waals surface area contributed by atoms with E-state index in [1.165, 1.54) is 36.6 Å². The van der Waals surface area contributed by atoms with E-state index in [0.717, 1.165) is 0 Å². The molecule has 1 atom stereocenters. The molecular formula is C13H18O2S2. The molecule has 2 rings (SSSR count). The van der Waals surface area contributed by atoms with Gasteiger partial charge in [0, 0.05) is 17.3 Å². The number of thioether (sulfide) groups is 1. The molecule has 0 unspecified atom stereocenters. The van der Waals surface area contributed by atoms with Crippen LogP contribution in [0.4, 0.5) is 0 Å². The first-order chi connectivity index (χ1) is 8.06. The molecule has 0 spiro atoms. The van der Waals surface area contributed by atoms with Crippen molar-refractivity contribution in [3.63, 3.8) is 0 Å². The van der Waals surface area contributed by atoms with E-state index >= 15 is 0 Å². The van der Waals surface area contributed by atoms with Crippen molar-refractivity contribution >= 4 is 21.6 Å². The van der Waals surface area contributed by atoms with Gasteiger partial charge in [0.2, 0.25) is 0 Å². The standard InChI is InChI=1S/C13H18O2S2/c1-17(14,15)10-9-16-13-8-4-6-11-5-2-3-7-12(11)13/h2-3,5,7,13H,4,6,8-10H2,1H3/t13-/m0/s1. The molecule has 0 saturated carbocycles. The van der Waals surface area contributed by atoms with Crippen molar-refractivity contribution in [1.29, 1.82) is 0 Å². The van der Waals surface area contributed by atoms with Crippen molar-refractivity contribution in [2.75, 3.05) is 17.8 Å². The zero-order valence-corrected chi connectivity index (χ0v) is 11.7. The van der Waals surface area contributed by atoms with Gasteiger partial charge in [-0.1, -0.05) is 24.3 Å². The summed E-state index contributed by atoms with van der Waals surface area (Å²) in [5.41, 5.74) is 2.85. The fraction of sp³-hybridized carbons (Fsp3) is 0.538. The zero-order chi connectivity index (χ0) is 12.3. The Balaban J connectivity index is 1.99. The fourth-order valence-electron chi connectivity index (χ4n) is 2.22. The van der Waals surface area contributed by atoms with Gasteiger partial charge in [0.15, 0.2) is 0 Å². The van der Waals surface area contributed by atoms with Crippen molar-refractivity contribution in [2.45, 2.75) is 24.5 Å². The SMILES string of the molecule is CS(=O)(=O)CCS[C@H]1CCCc2ccccc21. The van der Waals surface area contributed by atoms with E-state index in [4.69, 9.17) is 0 Å². The summed E-state index contributed by atoms with van der Waals surface area (Å²) in [5, 5.41) is 0.488. The van der Waals surface area contributed by atoms with E-state index in [0.29, 0.717) is 11.0 Å². The Morgan fingerprint density at radius 2 is 2.12 bits per heavy atom. The minimum absolute atomic E-state index is 0.288. The van der Waals surface area contributed by atoms with Crippen molar-refractivity contribution in [3.05, 3.63) is 35.4 Å². The molecule has 0 radical (unpaired) electrons. The van der Waals surface area contributed by atoms with Gasteiger partial charge >= 0.3 is 0 Å². The van der Waals surface area contributed by atoms with Gasteiger partial charge in [-0.05, 0) is 30.4 Å². The van der Waals surface area contributed by atoms with Crippen LogP contribution in [-0.4, -0.2) is 26.2 Å². The van der Waals surface area contributed by atoms with Crippen LogP contribution in [0, 0.1) is 0 Å². The van der Waals surface area contributed by atoms with Gasteiger partial charge < -0.3 is 0 Å². The maximum Gasteiger partial charge on any atom is 0.148 e. The lowest BCUT2D eigenvalue weighted by Crippen LogP contribution is -2.10. The van der Waals surface area contributed by atoms with Crippen molar-refractivity contribution in [3.8, 4) is 0 Å². The first-order valence-electron chi connectivity index (χ1n) is 5.93. The van der Waals surface area contributed by atoms with Crippen LogP contribution < -0.4 is 0 Å². The number of fused-ring (bicyclic) bond motifs is 1. The number of rotatable bonds is 4. The summed E-state index contributed by atoms with van der Waals surface area (Å²) in [6.07, 6.45) is 4.86. The number of sulfone groups is 1. The maximum atomic E-state index is 11.1. The first kappa shape index (κ1) is 13.0. The predicted octanol–water partition coefficient (Wildman–Crippen LogP) is 2.84. The lowest BCUT2D eigenvalue weighted by Gasteiger charge is -2.24. The molecule has 2 nitrogen and oxygen atoms in total. The summed E-state index contributed by atoms with van der Waals surface area (Å²) >= 11 is 1.79. The molecular weight excluding hydrogens is 252 g/mol. The molecule has 0 saturated heterocycles. The summed E-state index contributed by atoms with van der Waals surface area (Å²) in [4.78, 5) is 0. The second kappa shape index (κ2) is 5.44. The summed E-state index contributed by atoms with van der Waals surface area (Å²) in [5.74, 6) is 0.994. The third kappa shape index (κ3) is 3.75. The monoisotopic (exact) mass is 270 g/mol. The van der Waals surface area contributed by atoms with Crippen molar-refractivity contribution < 1.29 is 8.42 Å². The minimum atomic E-state index is -2.82. The van der Waals surface area contributed by atoms with Gasteiger partial charge in [0.25, 0.3) is 0 Å². The van der Waals surface area contributed by atoms with E-state index in [1.807, 2.05) is 0 Å². The summed E-state index contributed by atoms with van der Waals surface area (Å²) in [6.45, 7) is 0. The molecule has 0 aliphatic heterocycles. The Labute approximate surface area is 108 Å². The van der Waals surface area contributed by atoms with Gasteiger partial charge in [0.1, 0.15) is 9.84 Å². The normalized spacial score (nSPS) is 19.9. The highest BCUT2D eigenvalue weighted by atomic mass is 32.2. The fourth-order valence-corrected chi connectivity index (χ4v) is 4.85. The zero-order valence-electron chi connectivity index (χ0n) is 10.1. The average Bonchev–Trinajstić information content (AvgIpc) is 2.28. The molecule has 1 aromatic rings. The van der Waals surface area contributed by atoms with Gasteiger partial charge in [-0.2, -0.15) is 11.8 Å². The lowest BCUT2D eigenvalue weighted by atomic mass is 9.91. The Bertz CT molecular complexity index is 480. The summed E-state index contributed by atoms with van der Waals surface area (Å²) < 4.78 is 22.2. The number of benzene rings is 1. The second-order valence-electron chi connectivity index (χ2n) is 4.58. The molecule has 0 bridgehead atoms. The molecule has 0 amide bonds. The van der Waals surface area contributed by atoms with E-state index in [2.05, 4.69) is 24.3 Å². The Morgan fingerprint density at radius 3 is 2.88 bits per heavy atom. The van der Waals surface area contributed by atoms with Gasteiger partial charge in [-0.3, -0.25) is 0 Å². The molecule has 0 aromatic heterocycles. The summed E-state index contributed by atoms with van der Waals surface area (Å²) in [6, 6.07) is 8.54. The molecule has 0 heterocycles. The molecule has 1 aromatic carbocycles. The van der Waals surface area contributed by atoms with Gasteiger partial charge in [-0.25, -0.2) is 8.42 Å². The highest BCUT2D eigenvalue weighted by molar-refractivity contribution is 8.00. The Hall–Kier alpha value is -0.480. The Kier molecular flexibility index (Phi) is 4.15. The highest BCUT2D eigenvalue weighted by Crippen LogP contribution is 2.39. The molecule has 1 aliphatic carbocycles. The van der Waals surface area contributed by atoms with Crippen LogP contribution in [0.15, 0.2) is 24.3 Å². The van der Waals surface area contributed by atoms with Crippen LogP contribution in [0.1, 0.15) is 29.2 Å². The van der Waals surface area contributed by atoms with E-state index < -0.39 is 9.84 Å². The van der Waals surface area contributed by atoms with Crippen LogP contribution in [0.5, 0.6) is 0 Å². The number of hydrogen-bond donors (Lipinski definition) is 0. The second-order valence-corrected chi connectivity index (χ2v) is 8.15. The summed E-state index contributed by atoms with van der Waals surface area (Å²) in [7, 11) is -2.82. The van der Waals surface area contributed by atoms with Crippen molar-refractivity contribution in [2.24, 2.45) is 0 Å². The molecule has 94 valence electrons. The van der Waals surface area contributed by atoms with Gasteiger partial charge in [0.05, 0.1) is 5.75 Å². The first-order valence-corrected chi connectivity index (χ1v) is 9.04. The van der Waals surface area contributed by atoms with E-state index in [9.17, 15) is 8.42 Å². The van der Waals surface area contributed by atoms with Crippen molar-refractivity contribution in [1.82, 2.24) is 0 Å². The van der Waals surface area contributed by atoms with Crippen LogP contribution in [-0.2, 0) is 16.3 Å². The van der Waals surface area contributed by atoms with Gasteiger partial charge in [-0.15, -0.1) is 0 Å². The Morgan fingerprint density at radius 1 is 1.35 bits per heavy atom. The average molecular weight is 270 g/mol. The molecule has 4 heteroatoms. The largest absolute Gasteiger partial charge is 0.229 e. The molecule has 0 N–H and O–H groups in total. The third-order valence-electron chi connectivity index (χ3n) is 3.09. The smallest absolute Gasteiger partial charge is 0.148 e. The van der Waals surface area contributed by atoms with Crippen LogP contribution in [0.25, 0.3) is 0 Å².